The fraction of sp³-hybridized carbons (Fsp3) is 0.556. The third-order valence-corrected chi connectivity index (χ3v) is 7.96. The van der Waals surface area contributed by atoms with Crippen LogP contribution in [0.1, 0.15) is 51.3 Å². The molecule has 3 aromatic rings. The van der Waals surface area contributed by atoms with Gasteiger partial charge in [0.25, 0.3) is 0 Å². The number of ether oxygens (including phenoxy) is 1. The average molecular weight is 551 g/mol. The van der Waals surface area contributed by atoms with E-state index >= 15 is 0 Å². The summed E-state index contributed by atoms with van der Waals surface area (Å²) in [5.74, 6) is 2.31. The van der Waals surface area contributed by atoms with Crippen molar-refractivity contribution in [2.75, 3.05) is 30.4 Å². The van der Waals surface area contributed by atoms with E-state index in [1.807, 2.05) is 24.3 Å². The quantitative estimate of drug-likeness (QED) is 0.292. The standard InChI is InChI=1S/C27H35ClN10O/c1-18(13-26-35-37-38-36-26)32-19-5-7-20(8-6-19)33-25-14-21(22(28)15-30-25)23-3-2-4-24(34-23)31-17-27(16-29)9-11-39-12-10-27/h2-4,14-15,18-20,32H,5-13,17H2,1H3,(H,30,33)(H,31,34)(H,35,36,37,38)/t18-,19-,20-/m1/s1. The highest BCUT2D eigenvalue weighted by molar-refractivity contribution is 6.33. The molecule has 39 heavy (non-hydrogen) atoms. The number of halogens is 1. The second kappa shape index (κ2) is 12.7. The van der Waals surface area contributed by atoms with Gasteiger partial charge in [0.2, 0.25) is 0 Å². The van der Waals surface area contributed by atoms with Gasteiger partial charge in [-0.3, -0.25) is 0 Å². The van der Waals surface area contributed by atoms with E-state index in [9.17, 15) is 5.26 Å². The number of rotatable bonds is 10. The van der Waals surface area contributed by atoms with Gasteiger partial charge < -0.3 is 20.7 Å². The Kier molecular flexibility index (Phi) is 8.86. The van der Waals surface area contributed by atoms with Gasteiger partial charge in [-0.15, -0.1) is 5.10 Å². The van der Waals surface area contributed by atoms with Crippen molar-refractivity contribution in [2.24, 2.45) is 5.41 Å². The van der Waals surface area contributed by atoms with Gasteiger partial charge in [-0.05, 0) is 74.1 Å². The first kappa shape index (κ1) is 27.2. The molecular weight excluding hydrogens is 516 g/mol. The zero-order valence-electron chi connectivity index (χ0n) is 22.2. The molecule has 1 saturated heterocycles. The van der Waals surface area contributed by atoms with Gasteiger partial charge in [-0.1, -0.05) is 17.7 Å². The Hall–Kier alpha value is -3.33. The zero-order valence-corrected chi connectivity index (χ0v) is 22.9. The van der Waals surface area contributed by atoms with Crippen molar-refractivity contribution in [3.05, 3.63) is 41.3 Å². The molecule has 1 aliphatic heterocycles. The van der Waals surface area contributed by atoms with Crippen LogP contribution in [0.4, 0.5) is 11.6 Å². The number of hydrogen-bond acceptors (Lipinski definition) is 10. The van der Waals surface area contributed by atoms with E-state index in [1.165, 1.54) is 0 Å². The first-order valence-electron chi connectivity index (χ1n) is 13.6. The number of nitrogens with one attached hydrogen (secondary N) is 4. The number of tetrazole rings is 1. The fourth-order valence-electron chi connectivity index (χ4n) is 5.38. The van der Waals surface area contributed by atoms with E-state index in [4.69, 9.17) is 21.3 Å². The molecule has 5 rings (SSSR count). The molecule has 0 spiro atoms. The fourth-order valence-corrected chi connectivity index (χ4v) is 5.58. The van der Waals surface area contributed by atoms with Gasteiger partial charge in [0.05, 0.1) is 22.2 Å². The Bertz CT molecular complexity index is 1250. The summed E-state index contributed by atoms with van der Waals surface area (Å²) in [7, 11) is 0. The third kappa shape index (κ3) is 7.20. The molecule has 1 atom stereocenters. The summed E-state index contributed by atoms with van der Waals surface area (Å²) >= 11 is 6.56. The van der Waals surface area contributed by atoms with Crippen LogP contribution in [0.15, 0.2) is 30.5 Å². The van der Waals surface area contributed by atoms with Crippen LogP contribution >= 0.6 is 11.6 Å². The molecule has 0 aromatic carbocycles. The van der Waals surface area contributed by atoms with Crippen LogP contribution in [0.5, 0.6) is 0 Å². The Labute approximate surface area is 233 Å². The van der Waals surface area contributed by atoms with Crippen LogP contribution in [0.2, 0.25) is 5.02 Å². The van der Waals surface area contributed by atoms with E-state index in [1.54, 1.807) is 6.20 Å². The molecule has 3 aromatic heterocycles. The van der Waals surface area contributed by atoms with Crippen LogP contribution in [0.25, 0.3) is 11.3 Å². The maximum Gasteiger partial charge on any atom is 0.149 e. The number of aromatic amines is 1. The number of pyridine rings is 2. The summed E-state index contributed by atoms with van der Waals surface area (Å²) in [6.07, 6.45) is 8.18. The van der Waals surface area contributed by atoms with Crippen molar-refractivity contribution in [1.29, 1.82) is 5.26 Å². The summed E-state index contributed by atoms with van der Waals surface area (Å²) < 4.78 is 5.44. The molecule has 0 bridgehead atoms. The lowest BCUT2D eigenvalue weighted by Crippen LogP contribution is -2.42. The van der Waals surface area contributed by atoms with Gasteiger partial charge in [0, 0.05) is 56.1 Å². The average Bonchev–Trinajstić information content (AvgIpc) is 3.47. The third-order valence-electron chi connectivity index (χ3n) is 7.66. The number of anilines is 2. The number of aromatic nitrogens is 6. The van der Waals surface area contributed by atoms with Crippen LogP contribution in [0, 0.1) is 16.7 Å². The monoisotopic (exact) mass is 550 g/mol. The predicted octanol–water partition coefficient (Wildman–Crippen LogP) is 3.99. The SMILES string of the molecule is C[C@H](Cc1nnn[nH]1)N[C@H]1CC[C@H](Nc2cc(-c3cccc(NCC4(C#N)CCOCC4)n3)c(Cl)cn2)CC1. The molecule has 12 heteroatoms. The lowest BCUT2D eigenvalue weighted by atomic mass is 9.82. The number of nitrogens with zero attached hydrogens (tertiary/aromatic N) is 6. The second-order valence-electron chi connectivity index (χ2n) is 10.6. The molecule has 2 fully saturated rings. The molecular formula is C27H35ClN10O. The Morgan fingerprint density at radius 3 is 2.72 bits per heavy atom. The van der Waals surface area contributed by atoms with Crippen molar-refractivity contribution in [2.45, 2.75) is 70.0 Å². The van der Waals surface area contributed by atoms with Gasteiger partial charge >= 0.3 is 0 Å². The minimum Gasteiger partial charge on any atom is -0.381 e. The summed E-state index contributed by atoms with van der Waals surface area (Å²) in [5.41, 5.74) is 1.16. The van der Waals surface area contributed by atoms with Crippen molar-refractivity contribution >= 4 is 23.2 Å². The van der Waals surface area contributed by atoms with Crippen LogP contribution in [-0.2, 0) is 11.2 Å². The molecule has 0 amide bonds. The Morgan fingerprint density at radius 2 is 1.97 bits per heavy atom. The first-order valence-corrected chi connectivity index (χ1v) is 14.0. The number of nitriles is 1. The number of H-pyrrole nitrogens is 1. The van der Waals surface area contributed by atoms with Gasteiger partial charge in [-0.2, -0.15) is 5.26 Å². The van der Waals surface area contributed by atoms with E-state index in [-0.39, 0.29) is 0 Å². The molecule has 0 radical (unpaired) electrons. The topological polar surface area (TPSA) is 149 Å². The molecule has 4 N–H and O–H groups in total. The molecule has 2 aliphatic rings. The predicted molar refractivity (Wildman–Crippen MR) is 149 cm³/mol. The van der Waals surface area contributed by atoms with Gasteiger partial charge in [0.15, 0.2) is 0 Å². The molecule has 0 unspecified atom stereocenters. The zero-order chi connectivity index (χ0) is 27.1. The maximum absolute atomic E-state index is 9.75. The molecule has 4 heterocycles. The lowest BCUT2D eigenvalue weighted by molar-refractivity contribution is 0.0455. The molecule has 206 valence electrons. The smallest absolute Gasteiger partial charge is 0.149 e. The van der Waals surface area contributed by atoms with Crippen LogP contribution in [0.3, 0.4) is 0 Å². The second-order valence-corrected chi connectivity index (χ2v) is 11.0. The molecule has 1 saturated carbocycles. The first-order chi connectivity index (χ1) is 19.0. The van der Waals surface area contributed by atoms with Gasteiger partial charge in [-0.25, -0.2) is 15.1 Å². The maximum atomic E-state index is 9.75. The summed E-state index contributed by atoms with van der Waals surface area (Å²) in [6.45, 7) is 3.93. The number of hydrogen-bond donors (Lipinski definition) is 4. The Balaban J connectivity index is 1.16. The van der Waals surface area contributed by atoms with Crippen LogP contribution in [-0.4, -0.2) is 68.5 Å². The normalized spacial score (nSPS) is 21.6. The highest BCUT2D eigenvalue weighted by Crippen LogP contribution is 2.32. The summed E-state index contributed by atoms with van der Waals surface area (Å²) in [6, 6.07) is 11.4. The molecule has 11 nitrogen and oxygen atoms in total. The van der Waals surface area contributed by atoms with Crippen molar-refractivity contribution in [3.8, 4) is 17.3 Å². The minimum absolute atomic E-state index is 0.301. The van der Waals surface area contributed by atoms with Crippen molar-refractivity contribution in [3.63, 3.8) is 0 Å². The largest absolute Gasteiger partial charge is 0.381 e. The van der Waals surface area contributed by atoms with Crippen LogP contribution < -0.4 is 16.0 Å². The minimum atomic E-state index is -0.428. The van der Waals surface area contributed by atoms with E-state index < -0.39 is 5.41 Å². The lowest BCUT2D eigenvalue weighted by Gasteiger charge is -2.32. The van der Waals surface area contributed by atoms with E-state index in [0.29, 0.717) is 42.9 Å². The van der Waals surface area contributed by atoms with Gasteiger partial charge in [0.1, 0.15) is 17.5 Å². The summed E-state index contributed by atoms with van der Waals surface area (Å²) in [5, 5.41) is 35.1. The Morgan fingerprint density at radius 1 is 1.18 bits per heavy atom. The van der Waals surface area contributed by atoms with E-state index in [2.05, 4.69) is 54.6 Å². The van der Waals surface area contributed by atoms with E-state index in [0.717, 1.165) is 73.7 Å². The highest BCUT2D eigenvalue weighted by Gasteiger charge is 2.32. The van der Waals surface area contributed by atoms with Crippen molar-refractivity contribution < 1.29 is 4.74 Å². The summed E-state index contributed by atoms with van der Waals surface area (Å²) in [4.78, 5) is 9.33. The van der Waals surface area contributed by atoms with Crippen molar-refractivity contribution in [1.82, 2.24) is 35.9 Å². The molecule has 1 aliphatic carbocycles. The highest BCUT2D eigenvalue weighted by atomic mass is 35.5.